The normalized spacial score (nSPS) is 12.1. The van der Waals surface area contributed by atoms with Crippen molar-refractivity contribution in [3.8, 4) is 11.5 Å². The Morgan fingerprint density at radius 3 is 2.68 bits per heavy atom. The van der Waals surface area contributed by atoms with Gasteiger partial charge < -0.3 is 20.1 Å². The molecular formula is C15H12F2N2O2S. The lowest BCUT2D eigenvalue weighted by Crippen LogP contribution is -2.27. The number of hydrogen-bond acceptors (Lipinski definition) is 3. The van der Waals surface area contributed by atoms with Crippen LogP contribution in [-0.4, -0.2) is 11.9 Å². The largest absolute Gasteiger partial charge is 0.454 e. The zero-order valence-electron chi connectivity index (χ0n) is 11.4. The van der Waals surface area contributed by atoms with Gasteiger partial charge in [0.2, 0.25) is 6.79 Å². The quantitative estimate of drug-likeness (QED) is 0.850. The van der Waals surface area contributed by atoms with Crippen molar-refractivity contribution in [1.29, 1.82) is 0 Å². The summed E-state index contributed by atoms with van der Waals surface area (Å²) in [6.45, 7) is 0.689. The van der Waals surface area contributed by atoms with Gasteiger partial charge >= 0.3 is 0 Å². The van der Waals surface area contributed by atoms with Gasteiger partial charge in [-0.25, -0.2) is 8.78 Å². The van der Waals surface area contributed by atoms with Gasteiger partial charge in [0.15, 0.2) is 28.2 Å². The van der Waals surface area contributed by atoms with Gasteiger partial charge in [-0.3, -0.25) is 0 Å². The highest BCUT2D eigenvalue weighted by atomic mass is 32.1. The van der Waals surface area contributed by atoms with E-state index >= 15 is 0 Å². The molecule has 0 saturated carbocycles. The SMILES string of the molecule is Fc1ccc(NC(=S)NCc2ccc3c(c2)OCO3)cc1F. The number of ether oxygens (including phenoxy) is 2. The Morgan fingerprint density at radius 2 is 1.86 bits per heavy atom. The number of rotatable bonds is 3. The first-order valence-electron chi connectivity index (χ1n) is 6.50. The van der Waals surface area contributed by atoms with Gasteiger partial charge in [0.05, 0.1) is 0 Å². The van der Waals surface area contributed by atoms with Crippen LogP contribution in [0.15, 0.2) is 36.4 Å². The Hall–Kier alpha value is -2.41. The fraction of sp³-hybridized carbons (Fsp3) is 0.133. The first kappa shape index (κ1) is 14.5. The first-order valence-corrected chi connectivity index (χ1v) is 6.91. The zero-order chi connectivity index (χ0) is 15.5. The lowest BCUT2D eigenvalue weighted by molar-refractivity contribution is 0.174. The van der Waals surface area contributed by atoms with Crippen LogP contribution >= 0.6 is 12.2 Å². The molecule has 0 fully saturated rings. The Morgan fingerprint density at radius 1 is 1.05 bits per heavy atom. The van der Waals surface area contributed by atoms with Gasteiger partial charge in [-0.05, 0) is 42.0 Å². The fourth-order valence-electron chi connectivity index (χ4n) is 1.98. The molecule has 1 aliphatic heterocycles. The van der Waals surface area contributed by atoms with Crippen LogP contribution in [0.3, 0.4) is 0 Å². The van der Waals surface area contributed by atoms with E-state index in [1.165, 1.54) is 6.07 Å². The summed E-state index contributed by atoms with van der Waals surface area (Å²) >= 11 is 5.12. The second-order valence-electron chi connectivity index (χ2n) is 4.62. The summed E-state index contributed by atoms with van der Waals surface area (Å²) in [7, 11) is 0. The summed E-state index contributed by atoms with van der Waals surface area (Å²) in [6.07, 6.45) is 0. The van der Waals surface area contributed by atoms with E-state index in [-0.39, 0.29) is 6.79 Å². The second-order valence-corrected chi connectivity index (χ2v) is 5.03. The van der Waals surface area contributed by atoms with E-state index in [0.29, 0.717) is 28.8 Å². The maximum absolute atomic E-state index is 13.1. The molecule has 0 atom stereocenters. The smallest absolute Gasteiger partial charge is 0.231 e. The van der Waals surface area contributed by atoms with Crippen LogP contribution in [0, 0.1) is 11.6 Å². The average molecular weight is 322 g/mol. The van der Waals surface area contributed by atoms with E-state index in [9.17, 15) is 8.78 Å². The minimum atomic E-state index is -0.927. The minimum Gasteiger partial charge on any atom is -0.454 e. The summed E-state index contributed by atoms with van der Waals surface area (Å²) < 4.78 is 36.5. The second kappa shape index (κ2) is 6.15. The lowest BCUT2D eigenvalue weighted by Gasteiger charge is -2.11. The van der Waals surface area contributed by atoms with Crippen molar-refractivity contribution in [2.24, 2.45) is 0 Å². The topological polar surface area (TPSA) is 42.5 Å². The van der Waals surface area contributed by atoms with Crippen LogP contribution in [0.4, 0.5) is 14.5 Å². The molecule has 2 N–H and O–H groups in total. The van der Waals surface area contributed by atoms with Gasteiger partial charge in [0, 0.05) is 18.3 Å². The van der Waals surface area contributed by atoms with E-state index in [1.54, 1.807) is 0 Å². The van der Waals surface area contributed by atoms with Crippen LogP contribution in [0.1, 0.15) is 5.56 Å². The van der Waals surface area contributed by atoms with Crippen molar-refractivity contribution in [2.75, 3.05) is 12.1 Å². The highest BCUT2D eigenvalue weighted by molar-refractivity contribution is 7.80. The first-order chi connectivity index (χ1) is 10.6. The molecule has 0 unspecified atom stereocenters. The van der Waals surface area contributed by atoms with E-state index in [2.05, 4.69) is 10.6 Å². The molecule has 3 rings (SSSR count). The molecule has 1 aliphatic rings. The molecule has 4 nitrogen and oxygen atoms in total. The molecular weight excluding hydrogens is 310 g/mol. The Balaban J connectivity index is 1.57. The molecule has 0 saturated heterocycles. The minimum absolute atomic E-state index is 0.225. The maximum Gasteiger partial charge on any atom is 0.231 e. The predicted octanol–water partition coefficient (Wildman–Crippen LogP) is 3.18. The molecule has 2 aromatic rings. The molecule has 0 radical (unpaired) electrons. The Labute approximate surface area is 131 Å². The van der Waals surface area contributed by atoms with Crippen LogP contribution in [0.2, 0.25) is 0 Å². The van der Waals surface area contributed by atoms with Crippen molar-refractivity contribution >= 4 is 23.0 Å². The van der Waals surface area contributed by atoms with Crippen LogP contribution in [-0.2, 0) is 6.54 Å². The van der Waals surface area contributed by atoms with Gasteiger partial charge in [-0.2, -0.15) is 0 Å². The molecule has 1 heterocycles. The number of thiocarbonyl (C=S) groups is 1. The summed E-state index contributed by atoms with van der Waals surface area (Å²) in [5, 5.41) is 6.08. The lowest BCUT2D eigenvalue weighted by atomic mass is 10.2. The Bertz CT molecular complexity index is 725. The fourth-order valence-corrected chi connectivity index (χ4v) is 2.17. The molecule has 7 heteroatoms. The molecule has 114 valence electrons. The van der Waals surface area contributed by atoms with Gasteiger partial charge in [-0.15, -0.1) is 0 Å². The van der Waals surface area contributed by atoms with Crippen molar-refractivity contribution in [2.45, 2.75) is 6.54 Å². The number of fused-ring (bicyclic) bond motifs is 1. The van der Waals surface area contributed by atoms with Crippen LogP contribution in [0.25, 0.3) is 0 Å². The molecule has 0 aromatic heterocycles. The summed E-state index contributed by atoms with van der Waals surface area (Å²) in [6, 6.07) is 9.07. The number of benzene rings is 2. The van der Waals surface area contributed by atoms with Crippen molar-refractivity contribution in [1.82, 2.24) is 5.32 Å². The third-order valence-electron chi connectivity index (χ3n) is 3.07. The summed E-state index contributed by atoms with van der Waals surface area (Å²) in [5.41, 5.74) is 1.33. The van der Waals surface area contributed by atoms with E-state index in [1.807, 2.05) is 18.2 Å². The molecule has 0 bridgehead atoms. The van der Waals surface area contributed by atoms with Gasteiger partial charge in [0.1, 0.15) is 0 Å². The monoisotopic (exact) mass is 322 g/mol. The van der Waals surface area contributed by atoms with Crippen LogP contribution < -0.4 is 20.1 Å². The number of hydrogen-bond donors (Lipinski definition) is 2. The third-order valence-corrected chi connectivity index (χ3v) is 3.31. The number of halogens is 2. The molecule has 0 amide bonds. The zero-order valence-corrected chi connectivity index (χ0v) is 12.2. The summed E-state index contributed by atoms with van der Waals surface area (Å²) in [4.78, 5) is 0. The Kier molecular flexibility index (Phi) is 4.06. The molecule has 2 aromatic carbocycles. The maximum atomic E-state index is 13.1. The van der Waals surface area contributed by atoms with Gasteiger partial charge in [-0.1, -0.05) is 6.07 Å². The van der Waals surface area contributed by atoms with E-state index in [0.717, 1.165) is 17.7 Å². The number of nitrogens with one attached hydrogen (secondary N) is 2. The summed E-state index contributed by atoms with van der Waals surface area (Å²) in [5.74, 6) is -0.418. The third kappa shape index (κ3) is 3.25. The van der Waals surface area contributed by atoms with Gasteiger partial charge in [0.25, 0.3) is 0 Å². The van der Waals surface area contributed by atoms with Crippen molar-refractivity contribution < 1.29 is 18.3 Å². The molecule has 0 aliphatic carbocycles. The highest BCUT2D eigenvalue weighted by Crippen LogP contribution is 2.32. The number of anilines is 1. The highest BCUT2D eigenvalue weighted by Gasteiger charge is 2.13. The predicted molar refractivity (Wildman–Crippen MR) is 82.0 cm³/mol. The van der Waals surface area contributed by atoms with Crippen molar-refractivity contribution in [3.05, 3.63) is 53.6 Å². The molecule has 22 heavy (non-hydrogen) atoms. The average Bonchev–Trinajstić information content (AvgIpc) is 2.96. The molecule has 0 spiro atoms. The van der Waals surface area contributed by atoms with Crippen LogP contribution in [0.5, 0.6) is 11.5 Å². The van der Waals surface area contributed by atoms with E-state index in [4.69, 9.17) is 21.7 Å². The van der Waals surface area contributed by atoms with Crippen molar-refractivity contribution in [3.63, 3.8) is 0 Å². The van der Waals surface area contributed by atoms with E-state index < -0.39 is 11.6 Å². The standard InChI is InChI=1S/C15H12F2N2O2S/c16-11-3-2-10(6-12(11)17)19-15(22)18-7-9-1-4-13-14(5-9)21-8-20-13/h1-6H,7-8H2,(H2,18,19,22).